The molecule has 0 aliphatic heterocycles. The summed E-state index contributed by atoms with van der Waals surface area (Å²) >= 11 is 1.78. The van der Waals surface area contributed by atoms with Gasteiger partial charge in [-0.3, -0.25) is 0 Å². The maximum atomic E-state index is 4.66. The molecule has 0 aliphatic carbocycles. The van der Waals surface area contributed by atoms with Crippen LogP contribution in [0, 0.1) is 13.8 Å². The number of aryl methyl sites for hydroxylation is 2. The summed E-state index contributed by atoms with van der Waals surface area (Å²) in [5.41, 5.74) is 3.35. The van der Waals surface area contributed by atoms with Crippen LogP contribution >= 0.6 is 11.8 Å². The molecular weight excluding hydrogens is 266 g/mol. The molecule has 4 heteroatoms. The first kappa shape index (κ1) is 15.0. The van der Waals surface area contributed by atoms with Gasteiger partial charge in [-0.15, -0.1) is 11.8 Å². The molecular formula is C16H21N3S. The number of rotatable bonds is 5. The minimum Gasteiger partial charge on any atom is -0.309 e. The van der Waals surface area contributed by atoms with Gasteiger partial charge in [0.1, 0.15) is 5.03 Å². The van der Waals surface area contributed by atoms with Crippen LogP contribution in [-0.4, -0.2) is 41.3 Å². The van der Waals surface area contributed by atoms with Crippen molar-refractivity contribution in [1.82, 2.24) is 14.9 Å². The Hall–Kier alpha value is -1.39. The van der Waals surface area contributed by atoms with E-state index in [-0.39, 0.29) is 0 Å². The van der Waals surface area contributed by atoms with Crippen molar-refractivity contribution >= 4 is 11.8 Å². The Labute approximate surface area is 125 Å². The topological polar surface area (TPSA) is 29.0 Å². The molecule has 1 aromatic carbocycles. The van der Waals surface area contributed by atoms with E-state index in [2.05, 4.69) is 66.2 Å². The highest BCUT2D eigenvalue weighted by molar-refractivity contribution is 7.99. The lowest BCUT2D eigenvalue weighted by Crippen LogP contribution is -2.14. The van der Waals surface area contributed by atoms with Crippen molar-refractivity contribution in [3.63, 3.8) is 0 Å². The molecule has 0 spiro atoms. The third-order valence-corrected chi connectivity index (χ3v) is 3.82. The molecule has 3 nitrogen and oxygen atoms in total. The Morgan fingerprint density at radius 2 is 1.75 bits per heavy atom. The first-order valence-corrected chi connectivity index (χ1v) is 7.73. The molecule has 0 aliphatic rings. The van der Waals surface area contributed by atoms with Crippen molar-refractivity contribution in [3.8, 4) is 11.4 Å². The lowest BCUT2D eigenvalue weighted by molar-refractivity contribution is 0.437. The zero-order valence-electron chi connectivity index (χ0n) is 12.6. The number of thioether (sulfide) groups is 1. The predicted octanol–water partition coefficient (Wildman–Crippen LogP) is 3.41. The van der Waals surface area contributed by atoms with Gasteiger partial charge in [0.2, 0.25) is 0 Å². The van der Waals surface area contributed by atoms with Crippen LogP contribution in [0.5, 0.6) is 0 Å². The molecule has 0 saturated heterocycles. The second-order valence-electron chi connectivity index (χ2n) is 5.19. The van der Waals surface area contributed by atoms with Gasteiger partial charge in [-0.1, -0.05) is 29.8 Å². The summed E-state index contributed by atoms with van der Waals surface area (Å²) < 4.78 is 0. The monoisotopic (exact) mass is 287 g/mol. The summed E-state index contributed by atoms with van der Waals surface area (Å²) in [4.78, 5) is 11.4. The van der Waals surface area contributed by atoms with Gasteiger partial charge in [0.25, 0.3) is 0 Å². The molecule has 0 amide bonds. The Morgan fingerprint density at radius 3 is 2.40 bits per heavy atom. The van der Waals surface area contributed by atoms with Gasteiger partial charge < -0.3 is 4.90 Å². The molecule has 0 atom stereocenters. The van der Waals surface area contributed by atoms with Gasteiger partial charge in [-0.25, -0.2) is 9.97 Å². The molecule has 0 unspecified atom stereocenters. The van der Waals surface area contributed by atoms with Crippen molar-refractivity contribution in [2.24, 2.45) is 0 Å². The quantitative estimate of drug-likeness (QED) is 0.622. The average Bonchev–Trinajstić information content (AvgIpc) is 2.38. The van der Waals surface area contributed by atoms with Gasteiger partial charge in [0, 0.05) is 23.6 Å². The van der Waals surface area contributed by atoms with Gasteiger partial charge >= 0.3 is 0 Å². The summed E-state index contributed by atoms with van der Waals surface area (Å²) in [5, 5.41) is 1.05. The average molecular weight is 287 g/mol. The summed E-state index contributed by atoms with van der Waals surface area (Å²) in [5.74, 6) is 1.86. The second-order valence-corrected chi connectivity index (χ2v) is 6.30. The van der Waals surface area contributed by atoms with Crippen LogP contribution in [0.25, 0.3) is 11.4 Å². The molecule has 20 heavy (non-hydrogen) atoms. The van der Waals surface area contributed by atoms with Gasteiger partial charge in [-0.05, 0) is 34.0 Å². The minimum absolute atomic E-state index is 0.817. The first-order chi connectivity index (χ1) is 9.54. The van der Waals surface area contributed by atoms with Crippen LogP contribution in [0.3, 0.4) is 0 Å². The fraction of sp³-hybridized carbons (Fsp3) is 0.375. The molecule has 0 radical (unpaired) electrons. The third kappa shape index (κ3) is 4.32. The molecule has 1 aromatic heterocycles. The number of benzene rings is 1. The van der Waals surface area contributed by atoms with E-state index in [1.54, 1.807) is 11.8 Å². The van der Waals surface area contributed by atoms with Crippen LogP contribution < -0.4 is 0 Å². The Balaban J connectivity index is 2.18. The molecule has 0 bridgehead atoms. The molecule has 106 valence electrons. The van der Waals surface area contributed by atoms with Crippen molar-refractivity contribution in [1.29, 1.82) is 0 Å². The van der Waals surface area contributed by atoms with Crippen molar-refractivity contribution < 1.29 is 0 Å². The number of hydrogen-bond acceptors (Lipinski definition) is 4. The maximum absolute atomic E-state index is 4.66. The maximum Gasteiger partial charge on any atom is 0.160 e. The molecule has 2 rings (SSSR count). The van der Waals surface area contributed by atoms with Crippen LogP contribution in [-0.2, 0) is 0 Å². The standard InChI is InChI=1S/C16H21N3S/c1-12-5-7-14(8-6-12)16-17-13(2)11-15(18-16)20-10-9-19(3)4/h5-8,11H,9-10H2,1-4H3. The third-order valence-electron chi connectivity index (χ3n) is 2.93. The van der Waals surface area contributed by atoms with Crippen LogP contribution in [0.1, 0.15) is 11.3 Å². The largest absolute Gasteiger partial charge is 0.309 e. The Morgan fingerprint density at radius 1 is 1.05 bits per heavy atom. The SMILES string of the molecule is Cc1ccc(-c2nc(C)cc(SCCN(C)C)n2)cc1. The van der Waals surface area contributed by atoms with Gasteiger partial charge in [0.05, 0.1) is 0 Å². The molecule has 0 N–H and O–H groups in total. The lowest BCUT2D eigenvalue weighted by atomic mass is 10.1. The molecule has 1 heterocycles. The fourth-order valence-corrected chi connectivity index (χ4v) is 2.85. The summed E-state index contributed by atoms with van der Waals surface area (Å²) in [6, 6.07) is 10.4. The summed E-state index contributed by atoms with van der Waals surface area (Å²) in [6.45, 7) is 5.16. The van der Waals surface area contributed by atoms with E-state index >= 15 is 0 Å². The minimum atomic E-state index is 0.817. The molecule has 0 fully saturated rings. The summed E-state index contributed by atoms with van der Waals surface area (Å²) in [7, 11) is 4.17. The highest BCUT2D eigenvalue weighted by Crippen LogP contribution is 2.21. The first-order valence-electron chi connectivity index (χ1n) is 6.75. The highest BCUT2D eigenvalue weighted by atomic mass is 32.2. The lowest BCUT2D eigenvalue weighted by Gasteiger charge is -2.09. The summed E-state index contributed by atoms with van der Waals surface area (Å²) in [6.07, 6.45) is 0. The Kier molecular flexibility index (Phi) is 5.15. The van der Waals surface area contributed by atoms with E-state index in [0.29, 0.717) is 0 Å². The van der Waals surface area contributed by atoms with E-state index in [1.807, 2.05) is 6.92 Å². The van der Waals surface area contributed by atoms with Crippen molar-refractivity contribution in [2.45, 2.75) is 18.9 Å². The van der Waals surface area contributed by atoms with E-state index in [0.717, 1.165) is 34.4 Å². The molecule has 2 aromatic rings. The van der Waals surface area contributed by atoms with E-state index in [1.165, 1.54) is 5.56 Å². The van der Waals surface area contributed by atoms with E-state index < -0.39 is 0 Å². The highest BCUT2D eigenvalue weighted by Gasteiger charge is 2.05. The Bertz CT molecular complexity index is 564. The number of hydrogen-bond donors (Lipinski definition) is 0. The van der Waals surface area contributed by atoms with E-state index in [9.17, 15) is 0 Å². The zero-order chi connectivity index (χ0) is 14.5. The molecule has 0 saturated carbocycles. The van der Waals surface area contributed by atoms with Gasteiger partial charge in [-0.2, -0.15) is 0 Å². The van der Waals surface area contributed by atoms with Gasteiger partial charge in [0.15, 0.2) is 5.82 Å². The van der Waals surface area contributed by atoms with Crippen LogP contribution in [0.15, 0.2) is 35.4 Å². The number of nitrogens with zero attached hydrogens (tertiary/aromatic N) is 3. The fourth-order valence-electron chi connectivity index (χ4n) is 1.78. The van der Waals surface area contributed by atoms with Crippen molar-refractivity contribution in [2.75, 3.05) is 26.4 Å². The van der Waals surface area contributed by atoms with Crippen LogP contribution in [0.2, 0.25) is 0 Å². The zero-order valence-corrected chi connectivity index (χ0v) is 13.4. The second kappa shape index (κ2) is 6.86. The van der Waals surface area contributed by atoms with E-state index in [4.69, 9.17) is 0 Å². The van der Waals surface area contributed by atoms with Crippen molar-refractivity contribution in [3.05, 3.63) is 41.6 Å². The smallest absolute Gasteiger partial charge is 0.160 e. The van der Waals surface area contributed by atoms with Crippen LogP contribution in [0.4, 0.5) is 0 Å². The predicted molar refractivity (Wildman–Crippen MR) is 86.2 cm³/mol. The number of aromatic nitrogens is 2. The normalized spacial score (nSPS) is 11.1.